The Morgan fingerprint density at radius 3 is 2.67 bits per heavy atom. The maximum Gasteiger partial charge on any atom is 0.261 e. The molecule has 7 heteroatoms. The maximum absolute atomic E-state index is 12.7. The van der Waals surface area contributed by atoms with E-state index < -0.39 is 0 Å². The van der Waals surface area contributed by atoms with Crippen LogP contribution in [0, 0.1) is 0 Å². The van der Waals surface area contributed by atoms with E-state index in [2.05, 4.69) is 15.2 Å². The van der Waals surface area contributed by atoms with Crippen LogP contribution in [-0.4, -0.2) is 47.1 Å². The number of nitrogens with one attached hydrogen (secondary N) is 1. The summed E-state index contributed by atoms with van der Waals surface area (Å²) in [6, 6.07) is 15.1. The van der Waals surface area contributed by atoms with Gasteiger partial charge in [0.25, 0.3) is 5.56 Å². The highest BCUT2D eigenvalue weighted by molar-refractivity contribution is 5.78. The lowest BCUT2D eigenvalue weighted by molar-refractivity contribution is -0.122. The Kier molecular flexibility index (Phi) is 6.09. The van der Waals surface area contributed by atoms with Gasteiger partial charge in [-0.1, -0.05) is 30.3 Å². The third-order valence-electron chi connectivity index (χ3n) is 5.62. The first-order valence-electron chi connectivity index (χ1n) is 10.2. The van der Waals surface area contributed by atoms with E-state index in [1.54, 1.807) is 25.3 Å². The molecule has 0 unspecified atom stereocenters. The first-order chi connectivity index (χ1) is 14.7. The molecular weight excluding hydrogens is 380 g/mol. The Hall–Kier alpha value is -3.19. The predicted molar refractivity (Wildman–Crippen MR) is 116 cm³/mol. The predicted octanol–water partition coefficient (Wildman–Crippen LogP) is 2.36. The Morgan fingerprint density at radius 2 is 1.87 bits per heavy atom. The van der Waals surface area contributed by atoms with Crippen LogP contribution in [-0.2, 0) is 11.3 Å². The number of hydrogen-bond donors (Lipinski definition) is 1. The van der Waals surface area contributed by atoms with Crippen LogP contribution in [0.25, 0.3) is 10.9 Å². The minimum absolute atomic E-state index is 0.0269. The maximum atomic E-state index is 12.7. The zero-order valence-electron chi connectivity index (χ0n) is 17.1. The van der Waals surface area contributed by atoms with Gasteiger partial charge in [0.2, 0.25) is 5.91 Å². The summed E-state index contributed by atoms with van der Waals surface area (Å²) >= 11 is 0. The fraction of sp³-hybridized carbons (Fsp3) is 0.348. The van der Waals surface area contributed by atoms with Crippen LogP contribution in [0.15, 0.2) is 59.7 Å². The van der Waals surface area contributed by atoms with Crippen LogP contribution in [0.5, 0.6) is 5.75 Å². The molecule has 30 heavy (non-hydrogen) atoms. The number of likely N-dealkylation sites (tertiary alicyclic amines) is 1. The summed E-state index contributed by atoms with van der Waals surface area (Å²) in [7, 11) is 1.66. The smallest absolute Gasteiger partial charge is 0.261 e. The molecule has 2 aromatic carbocycles. The van der Waals surface area contributed by atoms with E-state index in [0.717, 1.165) is 37.2 Å². The van der Waals surface area contributed by atoms with Crippen LogP contribution < -0.4 is 15.6 Å². The molecule has 1 saturated heterocycles. The molecule has 0 aliphatic carbocycles. The molecule has 1 aromatic heterocycles. The van der Waals surface area contributed by atoms with E-state index >= 15 is 0 Å². The fourth-order valence-corrected chi connectivity index (χ4v) is 4.07. The monoisotopic (exact) mass is 406 g/mol. The van der Waals surface area contributed by atoms with Gasteiger partial charge in [0, 0.05) is 12.1 Å². The van der Waals surface area contributed by atoms with Crippen molar-refractivity contribution in [1.29, 1.82) is 0 Å². The summed E-state index contributed by atoms with van der Waals surface area (Å²) in [5.74, 6) is 0.604. The van der Waals surface area contributed by atoms with Gasteiger partial charge in [-0.15, -0.1) is 0 Å². The molecule has 1 fully saturated rings. The number of amides is 1. The van der Waals surface area contributed by atoms with Crippen LogP contribution in [0.3, 0.4) is 0 Å². The lowest BCUT2D eigenvalue weighted by Gasteiger charge is -2.29. The quantitative estimate of drug-likeness (QED) is 0.652. The number of aromatic nitrogens is 2. The zero-order valence-corrected chi connectivity index (χ0v) is 17.1. The van der Waals surface area contributed by atoms with Gasteiger partial charge in [0.15, 0.2) is 0 Å². The molecule has 1 N–H and O–H groups in total. The molecule has 0 radical (unpaired) electrons. The van der Waals surface area contributed by atoms with Crippen molar-refractivity contribution < 1.29 is 9.53 Å². The van der Waals surface area contributed by atoms with Gasteiger partial charge in [0.1, 0.15) is 12.3 Å². The van der Waals surface area contributed by atoms with Gasteiger partial charge in [-0.2, -0.15) is 0 Å². The number of methoxy groups -OCH3 is 1. The second kappa shape index (κ2) is 9.09. The molecule has 1 aliphatic rings. The average Bonchev–Trinajstić information content (AvgIpc) is 3.31. The molecule has 4 rings (SSSR count). The Morgan fingerprint density at radius 1 is 1.13 bits per heavy atom. The van der Waals surface area contributed by atoms with E-state index in [4.69, 9.17) is 4.74 Å². The van der Waals surface area contributed by atoms with Crippen molar-refractivity contribution in [3.05, 3.63) is 70.8 Å². The van der Waals surface area contributed by atoms with Gasteiger partial charge in [-0.05, 0) is 44.1 Å². The third-order valence-corrected chi connectivity index (χ3v) is 5.62. The zero-order chi connectivity index (χ0) is 20.9. The largest absolute Gasteiger partial charge is 0.496 e. The molecule has 156 valence electrons. The highest BCUT2D eigenvalue weighted by atomic mass is 16.5. The average molecular weight is 406 g/mol. The summed E-state index contributed by atoms with van der Waals surface area (Å²) < 4.78 is 6.90. The molecule has 0 spiro atoms. The van der Waals surface area contributed by atoms with Crippen LogP contribution >= 0.6 is 0 Å². The second-order valence-electron chi connectivity index (χ2n) is 7.50. The highest BCUT2D eigenvalue weighted by Gasteiger charge is 2.26. The van der Waals surface area contributed by atoms with E-state index in [0.29, 0.717) is 17.4 Å². The molecule has 0 saturated carbocycles. The van der Waals surface area contributed by atoms with Crippen LogP contribution in [0.2, 0.25) is 0 Å². The number of ether oxygens (including phenoxy) is 1. The van der Waals surface area contributed by atoms with E-state index in [1.807, 2.05) is 30.3 Å². The number of carbonyl (C=O) groups excluding carboxylic acids is 1. The van der Waals surface area contributed by atoms with E-state index in [-0.39, 0.29) is 24.1 Å². The topological polar surface area (TPSA) is 76.5 Å². The highest BCUT2D eigenvalue weighted by Crippen LogP contribution is 2.31. The summed E-state index contributed by atoms with van der Waals surface area (Å²) in [5.41, 5.74) is 1.48. The first kappa shape index (κ1) is 20.1. The minimum atomic E-state index is -0.215. The van der Waals surface area contributed by atoms with E-state index in [1.165, 1.54) is 10.9 Å². The van der Waals surface area contributed by atoms with Crippen molar-refractivity contribution in [3.63, 3.8) is 0 Å². The molecule has 1 atom stereocenters. The van der Waals surface area contributed by atoms with Crippen LogP contribution in [0.4, 0.5) is 0 Å². The Labute approximate surface area is 175 Å². The summed E-state index contributed by atoms with van der Waals surface area (Å²) in [6.07, 6.45) is 3.73. The summed E-state index contributed by atoms with van der Waals surface area (Å²) in [5, 5.41) is 3.52. The van der Waals surface area contributed by atoms with Crippen molar-refractivity contribution in [2.45, 2.75) is 25.4 Å². The van der Waals surface area contributed by atoms with Gasteiger partial charge in [0.05, 0.1) is 30.4 Å². The van der Waals surface area contributed by atoms with Crippen molar-refractivity contribution in [2.75, 3.05) is 26.7 Å². The number of rotatable bonds is 7. The number of para-hydroxylation sites is 2. The van der Waals surface area contributed by atoms with Gasteiger partial charge < -0.3 is 10.1 Å². The SMILES string of the molecule is COc1ccccc1[C@H](CNC(=O)Cn1cnc2ccccc2c1=O)N1CCCC1. The summed E-state index contributed by atoms with van der Waals surface area (Å²) in [4.78, 5) is 32.0. The Balaban J connectivity index is 1.49. The van der Waals surface area contributed by atoms with Gasteiger partial charge in [-0.25, -0.2) is 4.98 Å². The molecule has 7 nitrogen and oxygen atoms in total. The number of fused-ring (bicyclic) bond motifs is 1. The first-order valence-corrected chi connectivity index (χ1v) is 10.2. The number of benzene rings is 2. The standard InChI is InChI=1S/C23H26N4O3/c1-30-21-11-5-3-9-18(21)20(26-12-6-7-13-26)14-24-22(28)15-27-16-25-19-10-4-2-8-17(19)23(27)29/h2-5,8-11,16,20H,6-7,12-15H2,1H3,(H,24,28)/t20-/m0/s1. The van der Waals surface area contributed by atoms with Crippen molar-refractivity contribution in [3.8, 4) is 5.75 Å². The Bertz CT molecular complexity index is 1090. The number of hydrogen-bond acceptors (Lipinski definition) is 5. The van der Waals surface area contributed by atoms with E-state index in [9.17, 15) is 9.59 Å². The van der Waals surface area contributed by atoms with Gasteiger partial charge >= 0.3 is 0 Å². The van der Waals surface area contributed by atoms with Crippen molar-refractivity contribution in [1.82, 2.24) is 19.8 Å². The number of carbonyl (C=O) groups is 1. The molecule has 3 aromatic rings. The van der Waals surface area contributed by atoms with Crippen molar-refractivity contribution >= 4 is 16.8 Å². The lowest BCUT2D eigenvalue weighted by atomic mass is 10.0. The second-order valence-corrected chi connectivity index (χ2v) is 7.50. The lowest BCUT2D eigenvalue weighted by Crippen LogP contribution is -2.39. The minimum Gasteiger partial charge on any atom is -0.496 e. The third kappa shape index (κ3) is 4.21. The molecule has 1 amide bonds. The normalized spacial score (nSPS) is 15.2. The van der Waals surface area contributed by atoms with Crippen molar-refractivity contribution in [2.24, 2.45) is 0 Å². The number of nitrogens with zero attached hydrogens (tertiary/aromatic N) is 3. The molecule has 2 heterocycles. The molecule has 0 bridgehead atoms. The fourth-order valence-electron chi connectivity index (χ4n) is 4.07. The van der Waals surface area contributed by atoms with Crippen LogP contribution in [0.1, 0.15) is 24.4 Å². The molecular formula is C23H26N4O3. The van der Waals surface area contributed by atoms with Gasteiger partial charge in [-0.3, -0.25) is 19.1 Å². The summed E-state index contributed by atoms with van der Waals surface area (Å²) in [6.45, 7) is 2.38. The molecule has 1 aliphatic heterocycles.